The highest BCUT2D eigenvalue weighted by atomic mass is 15.3. The third-order valence-electron chi connectivity index (χ3n) is 4.38. The molecule has 4 heteroatoms. The minimum absolute atomic E-state index is 0.510. The van der Waals surface area contributed by atoms with E-state index < -0.39 is 0 Å². The number of piperazine rings is 1. The molecule has 0 aromatic carbocycles. The lowest BCUT2D eigenvalue weighted by Gasteiger charge is -2.39. The van der Waals surface area contributed by atoms with Crippen molar-refractivity contribution in [1.29, 1.82) is 5.26 Å². The predicted octanol–water partition coefficient (Wildman–Crippen LogP) is 2.02. The van der Waals surface area contributed by atoms with Gasteiger partial charge in [-0.25, -0.2) is 4.98 Å². The highest BCUT2D eigenvalue weighted by molar-refractivity contribution is 5.49. The molecule has 3 rings (SSSR count). The van der Waals surface area contributed by atoms with Crippen LogP contribution in [0, 0.1) is 11.3 Å². The van der Waals surface area contributed by atoms with Gasteiger partial charge < -0.3 is 4.90 Å². The fraction of sp³-hybridized carbons (Fsp3) is 0.600. The van der Waals surface area contributed by atoms with Gasteiger partial charge in [0, 0.05) is 44.1 Å². The third-order valence-corrected chi connectivity index (χ3v) is 4.38. The summed E-state index contributed by atoms with van der Waals surface area (Å²) in [7, 11) is 0. The Balaban J connectivity index is 1.61. The van der Waals surface area contributed by atoms with Gasteiger partial charge in [0.25, 0.3) is 0 Å². The van der Waals surface area contributed by atoms with Crippen LogP contribution >= 0.6 is 0 Å². The zero-order valence-electron chi connectivity index (χ0n) is 11.3. The van der Waals surface area contributed by atoms with Crippen LogP contribution < -0.4 is 4.90 Å². The largest absolute Gasteiger partial charge is 0.369 e. The molecule has 1 aliphatic carbocycles. The zero-order valence-corrected chi connectivity index (χ0v) is 11.3. The van der Waals surface area contributed by atoms with Crippen LogP contribution in [0.25, 0.3) is 0 Å². The van der Waals surface area contributed by atoms with Crippen molar-refractivity contribution in [2.45, 2.75) is 31.7 Å². The van der Waals surface area contributed by atoms with Crippen LogP contribution in [-0.4, -0.2) is 42.1 Å². The summed E-state index contributed by atoms with van der Waals surface area (Å²) < 4.78 is 0. The van der Waals surface area contributed by atoms with Gasteiger partial charge in [0.2, 0.25) is 0 Å². The maximum atomic E-state index is 8.91. The van der Waals surface area contributed by atoms with Gasteiger partial charge in [0.15, 0.2) is 0 Å². The Morgan fingerprint density at radius 2 is 1.89 bits per heavy atom. The summed E-state index contributed by atoms with van der Waals surface area (Å²) in [6.07, 6.45) is 7.31. The average Bonchev–Trinajstić information content (AvgIpc) is 3.02. The van der Waals surface area contributed by atoms with Gasteiger partial charge in [-0.05, 0) is 25.0 Å². The Morgan fingerprint density at radius 1 is 1.16 bits per heavy atom. The minimum atomic E-state index is 0.510. The molecule has 1 saturated carbocycles. The molecular formula is C15H20N4. The van der Waals surface area contributed by atoms with Gasteiger partial charge in [0.05, 0.1) is 0 Å². The summed E-state index contributed by atoms with van der Waals surface area (Å²) in [5.41, 5.74) is 1.65. The predicted molar refractivity (Wildman–Crippen MR) is 75.0 cm³/mol. The molecule has 2 aliphatic rings. The van der Waals surface area contributed by atoms with E-state index in [0.29, 0.717) is 5.69 Å². The van der Waals surface area contributed by atoms with E-state index in [4.69, 9.17) is 5.26 Å². The first-order chi connectivity index (χ1) is 9.36. The summed E-state index contributed by atoms with van der Waals surface area (Å²) in [5, 5.41) is 8.91. The summed E-state index contributed by atoms with van der Waals surface area (Å²) in [6.45, 7) is 4.42. The molecule has 0 unspecified atom stereocenters. The van der Waals surface area contributed by atoms with Gasteiger partial charge in [-0.15, -0.1) is 0 Å². The molecule has 0 spiro atoms. The number of nitriles is 1. The summed E-state index contributed by atoms with van der Waals surface area (Å²) >= 11 is 0. The fourth-order valence-corrected chi connectivity index (χ4v) is 3.29. The molecule has 2 heterocycles. The molecule has 0 amide bonds. The van der Waals surface area contributed by atoms with Gasteiger partial charge in [-0.3, -0.25) is 4.90 Å². The van der Waals surface area contributed by atoms with E-state index in [-0.39, 0.29) is 0 Å². The van der Waals surface area contributed by atoms with Crippen LogP contribution in [0.15, 0.2) is 18.3 Å². The van der Waals surface area contributed by atoms with Crippen LogP contribution in [0.1, 0.15) is 31.4 Å². The van der Waals surface area contributed by atoms with Crippen LogP contribution in [-0.2, 0) is 0 Å². The van der Waals surface area contributed by atoms with Crippen molar-refractivity contribution in [1.82, 2.24) is 9.88 Å². The molecule has 0 radical (unpaired) electrons. The molecule has 100 valence electrons. The van der Waals surface area contributed by atoms with E-state index in [1.807, 2.05) is 12.1 Å². The van der Waals surface area contributed by atoms with E-state index >= 15 is 0 Å². The van der Waals surface area contributed by atoms with Gasteiger partial charge >= 0.3 is 0 Å². The fourth-order valence-electron chi connectivity index (χ4n) is 3.29. The second-order valence-corrected chi connectivity index (χ2v) is 5.47. The Morgan fingerprint density at radius 3 is 2.58 bits per heavy atom. The van der Waals surface area contributed by atoms with Crippen molar-refractivity contribution in [2.75, 3.05) is 31.1 Å². The number of anilines is 1. The van der Waals surface area contributed by atoms with E-state index in [2.05, 4.69) is 20.9 Å². The Bertz CT molecular complexity index is 465. The number of aromatic nitrogens is 1. The monoisotopic (exact) mass is 256 g/mol. The lowest BCUT2D eigenvalue weighted by molar-refractivity contribution is 0.187. The highest BCUT2D eigenvalue weighted by Crippen LogP contribution is 2.25. The molecule has 0 bridgehead atoms. The highest BCUT2D eigenvalue weighted by Gasteiger charge is 2.26. The second kappa shape index (κ2) is 5.58. The normalized spacial score (nSPS) is 21.5. The van der Waals surface area contributed by atoms with Crippen molar-refractivity contribution >= 4 is 5.69 Å². The molecule has 19 heavy (non-hydrogen) atoms. The first kappa shape index (κ1) is 12.4. The van der Waals surface area contributed by atoms with Crippen molar-refractivity contribution in [3.8, 4) is 6.07 Å². The molecule has 4 nitrogen and oxygen atoms in total. The summed E-state index contributed by atoms with van der Waals surface area (Å²) in [5.74, 6) is 0. The van der Waals surface area contributed by atoms with Gasteiger partial charge in [0.1, 0.15) is 11.8 Å². The number of hydrogen-bond acceptors (Lipinski definition) is 4. The Hall–Kier alpha value is -1.60. The van der Waals surface area contributed by atoms with Gasteiger partial charge in [-0.2, -0.15) is 5.26 Å². The Labute approximate surface area is 114 Å². The summed E-state index contributed by atoms with van der Waals surface area (Å²) in [6, 6.07) is 6.84. The first-order valence-corrected chi connectivity index (χ1v) is 7.22. The van der Waals surface area contributed by atoms with E-state index in [9.17, 15) is 0 Å². The van der Waals surface area contributed by atoms with E-state index in [0.717, 1.165) is 37.9 Å². The van der Waals surface area contributed by atoms with Crippen LogP contribution in [0.3, 0.4) is 0 Å². The maximum absolute atomic E-state index is 8.91. The Kier molecular flexibility index (Phi) is 3.65. The second-order valence-electron chi connectivity index (χ2n) is 5.47. The van der Waals surface area contributed by atoms with Crippen molar-refractivity contribution in [3.05, 3.63) is 24.0 Å². The number of rotatable bonds is 2. The van der Waals surface area contributed by atoms with E-state index in [1.165, 1.54) is 25.7 Å². The summed E-state index contributed by atoms with van der Waals surface area (Å²) in [4.78, 5) is 9.05. The number of nitrogens with zero attached hydrogens (tertiary/aromatic N) is 4. The first-order valence-electron chi connectivity index (χ1n) is 7.22. The lowest BCUT2D eigenvalue weighted by Crippen LogP contribution is -2.49. The average molecular weight is 256 g/mol. The molecule has 1 aromatic rings. The third kappa shape index (κ3) is 2.71. The van der Waals surface area contributed by atoms with Crippen LogP contribution in [0.2, 0.25) is 0 Å². The molecule has 1 aromatic heterocycles. The zero-order chi connectivity index (χ0) is 13.1. The van der Waals surface area contributed by atoms with Crippen molar-refractivity contribution in [2.24, 2.45) is 0 Å². The molecule has 1 aliphatic heterocycles. The smallest absolute Gasteiger partial charge is 0.142 e. The quantitative estimate of drug-likeness (QED) is 0.812. The molecule has 0 atom stereocenters. The number of pyridine rings is 1. The lowest BCUT2D eigenvalue weighted by atomic mass is 10.1. The van der Waals surface area contributed by atoms with Crippen molar-refractivity contribution in [3.63, 3.8) is 0 Å². The van der Waals surface area contributed by atoms with Crippen LogP contribution in [0.5, 0.6) is 0 Å². The SMILES string of the molecule is N#Cc1cc(N2CCN(C3CCCC3)CC2)ccn1. The maximum Gasteiger partial charge on any atom is 0.142 e. The van der Waals surface area contributed by atoms with E-state index in [1.54, 1.807) is 6.20 Å². The van der Waals surface area contributed by atoms with Crippen LogP contribution in [0.4, 0.5) is 5.69 Å². The molecule has 2 fully saturated rings. The standard InChI is InChI=1S/C15H20N4/c16-12-13-11-15(5-6-17-13)19-9-7-18(8-10-19)14-3-1-2-4-14/h5-6,11,14H,1-4,7-10H2. The minimum Gasteiger partial charge on any atom is -0.369 e. The molecular weight excluding hydrogens is 236 g/mol. The van der Waals surface area contributed by atoms with Gasteiger partial charge in [-0.1, -0.05) is 12.8 Å². The number of hydrogen-bond donors (Lipinski definition) is 0. The molecule has 0 N–H and O–H groups in total. The van der Waals surface area contributed by atoms with Crippen molar-refractivity contribution < 1.29 is 0 Å². The topological polar surface area (TPSA) is 43.2 Å². The molecule has 1 saturated heterocycles.